The Balaban J connectivity index is 1.52. The molecule has 1 aliphatic heterocycles. The quantitative estimate of drug-likeness (QED) is 0.714. The lowest BCUT2D eigenvalue weighted by atomic mass is 10.1. The topological polar surface area (TPSA) is 76.6 Å². The van der Waals surface area contributed by atoms with Crippen molar-refractivity contribution in [3.05, 3.63) is 66.0 Å². The molecule has 29 heavy (non-hydrogen) atoms. The lowest BCUT2D eigenvalue weighted by Crippen LogP contribution is -2.35. The molecule has 1 N–H and O–H groups in total. The van der Waals surface area contributed by atoms with Crippen LogP contribution in [0.2, 0.25) is 0 Å². The number of anilines is 3. The van der Waals surface area contributed by atoms with Gasteiger partial charge >= 0.3 is 0 Å². The van der Waals surface area contributed by atoms with Gasteiger partial charge in [0.2, 0.25) is 5.95 Å². The van der Waals surface area contributed by atoms with E-state index in [0.717, 1.165) is 17.8 Å². The van der Waals surface area contributed by atoms with E-state index >= 15 is 0 Å². The van der Waals surface area contributed by atoms with E-state index in [9.17, 15) is 4.79 Å². The second-order valence-electron chi connectivity index (χ2n) is 6.85. The van der Waals surface area contributed by atoms with Crippen LogP contribution in [0.5, 0.6) is 11.5 Å². The fourth-order valence-electron chi connectivity index (χ4n) is 3.56. The Kier molecular flexibility index (Phi) is 5.03. The Morgan fingerprint density at radius 2 is 1.79 bits per heavy atom. The summed E-state index contributed by atoms with van der Waals surface area (Å²) in [4.78, 5) is 23.5. The molecule has 4 rings (SSSR count). The van der Waals surface area contributed by atoms with E-state index < -0.39 is 0 Å². The van der Waals surface area contributed by atoms with Gasteiger partial charge in [0, 0.05) is 35.9 Å². The van der Waals surface area contributed by atoms with Crippen molar-refractivity contribution in [2.45, 2.75) is 19.4 Å². The average molecular weight is 390 g/mol. The summed E-state index contributed by atoms with van der Waals surface area (Å²) >= 11 is 0. The zero-order valence-corrected chi connectivity index (χ0v) is 16.5. The molecule has 2 heterocycles. The molecule has 1 unspecified atom stereocenters. The lowest BCUT2D eigenvalue weighted by Gasteiger charge is -2.22. The Morgan fingerprint density at radius 3 is 2.52 bits per heavy atom. The third-order valence-corrected chi connectivity index (χ3v) is 4.96. The van der Waals surface area contributed by atoms with Gasteiger partial charge in [0.25, 0.3) is 5.91 Å². The number of carbonyl (C=O) groups excluding carboxylic acids is 1. The first kappa shape index (κ1) is 18.7. The molecule has 0 bridgehead atoms. The first-order chi connectivity index (χ1) is 14.1. The molecule has 1 amide bonds. The number of nitrogens with one attached hydrogen (secondary N) is 1. The van der Waals surface area contributed by atoms with Crippen LogP contribution in [0, 0.1) is 0 Å². The number of para-hydroxylation sites is 1. The molecular weight excluding hydrogens is 368 g/mol. The number of hydrogen-bond donors (Lipinski definition) is 1. The molecule has 0 fully saturated rings. The number of methoxy groups -OCH3 is 2. The average Bonchev–Trinajstić information content (AvgIpc) is 3.09. The van der Waals surface area contributed by atoms with Gasteiger partial charge in [0.05, 0.1) is 19.8 Å². The normalized spacial score (nSPS) is 15.0. The molecule has 0 aliphatic carbocycles. The van der Waals surface area contributed by atoms with Crippen LogP contribution < -0.4 is 19.7 Å². The van der Waals surface area contributed by atoms with Gasteiger partial charge < -0.3 is 19.7 Å². The number of amides is 1. The Morgan fingerprint density at radius 1 is 1.07 bits per heavy atom. The number of fused-ring (bicyclic) bond motifs is 1. The number of rotatable bonds is 5. The van der Waals surface area contributed by atoms with Crippen molar-refractivity contribution in [1.29, 1.82) is 0 Å². The van der Waals surface area contributed by atoms with E-state index in [1.54, 1.807) is 38.7 Å². The lowest BCUT2D eigenvalue weighted by molar-refractivity contribution is 0.0981. The SMILES string of the molecule is COc1ccc(Nc2ncc(C(=O)N3c4ccccc4CC3C)cn2)cc1OC. The van der Waals surface area contributed by atoms with Crippen molar-refractivity contribution in [3.8, 4) is 11.5 Å². The summed E-state index contributed by atoms with van der Waals surface area (Å²) in [7, 11) is 3.17. The Hall–Kier alpha value is -3.61. The fraction of sp³-hybridized carbons (Fsp3) is 0.227. The zero-order valence-electron chi connectivity index (χ0n) is 16.5. The van der Waals surface area contributed by atoms with Crippen molar-refractivity contribution in [2.75, 3.05) is 24.4 Å². The number of aromatic nitrogens is 2. The van der Waals surface area contributed by atoms with Crippen molar-refractivity contribution >= 4 is 23.2 Å². The maximum absolute atomic E-state index is 13.0. The Labute approximate surface area is 169 Å². The van der Waals surface area contributed by atoms with Crippen LogP contribution in [0.15, 0.2) is 54.9 Å². The molecule has 7 nitrogen and oxygen atoms in total. The summed E-state index contributed by atoms with van der Waals surface area (Å²) in [6, 6.07) is 13.5. The molecule has 0 spiro atoms. The molecule has 1 atom stereocenters. The van der Waals surface area contributed by atoms with Crippen LogP contribution >= 0.6 is 0 Å². The zero-order chi connectivity index (χ0) is 20.4. The van der Waals surface area contributed by atoms with E-state index in [-0.39, 0.29) is 11.9 Å². The van der Waals surface area contributed by atoms with E-state index in [1.165, 1.54) is 5.56 Å². The van der Waals surface area contributed by atoms with Gasteiger partial charge in [0.15, 0.2) is 11.5 Å². The minimum atomic E-state index is -0.0971. The summed E-state index contributed by atoms with van der Waals surface area (Å²) in [6.45, 7) is 2.05. The molecule has 7 heteroatoms. The molecule has 0 radical (unpaired) electrons. The molecule has 148 valence electrons. The molecule has 1 aromatic heterocycles. The van der Waals surface area contributed by atoms with Crippen LogP contribution in [-0.4, -0.2) is 36.1 Å². The molecular formula is C22H22N4O3. The number of carbonyl (C=O) groups is 1. The summed E-state index contributed by atoms with van der Waals surface area (Å²) in [5, 5.41) is 3.11. The van der Waals surface area contributed by atoms with Gasteiger partial charge in [-0.15, -0.1) is 0 Å². The summed E-state index contributed by atoms with van der Waals surface area (Å²) in [6.07, 6.45) is 3.94. The van der Waals surface area contributed by atoms with Gasteiger partial charge in [-0.2, -0.15) is 0 Å². The van der Waals surface area contributed by atoms with Crippen LogP contribution in [0.3, 0.4) is 0 Å². The van der Waals surface area contributed by atoms with Crippen LogP contribution in [0.1, 0.15) is 22.8 Å². The maximum atomic E-state index is 13.0. The Bertz CT molecular complexity index is 1040. The van der Waals surface area contributed by atoms with Gasteiger partial charge in [-0.05, 0) is 37.1 Å². The van der Waals surface area contributed by atoms with Gasteiger partial charge in [-0.3, -0.25) is 4.79 Å². The first-order valence-corrected chi connectivity index (χ1v) is 9.33. The smallest absolute Gasteiger partial charge is 0.261 e. The maximum Gasteiger partial charge on any atom is 0.261 e. The molecule has 1 aliphatic rings. The largest absolute Gasteiger partial charge is 0.493 e. The summed E-state index contributed by atoms with van der Waals surface area (Å²) in [5.41, 5.74) is 3.34. The molecule has 2 aromatic carbocycles. The third-order valence-electron chi connectivity index (χ3n) is 4.96. The van der Waals surface area contributed by atoms with Crippen molar-refractivity contribution < 1.29 is 14.3 Å². The predicted octanol–water partition coefficient (Wildman–Crippen LogP) is 3.83. The van der Waals surface area contributed by atoms with E-state index in [2.05, 4.69) is 21.4 Å². The van der Waals surface area contributed by atoms with Crippen LogP contribution in [0.25, 0.3) is 0 Å². The number of hydrogen-bond acceptors (Lipinski definition) is 6. The first-order valence-electron chi connectivity index (χ1n) is 9.33. The van der Waals surface area contributed by atoms with Crippen molar-refractivity contribution in [1.82, 2.24) is 9.97 Å². The minimum absolute atomic E-state index is 0.0971. The van der Waals surface area contributed by atoms with Gasteiger partial charge in [0.1, 0.15) is 0 Å². The van der Waals surface area contributed by atoms with Crippen LogP contribution in [-0.2, 0) is 6.42 Å². The number of nitrogens with zero attached hydrogens (tertiary/aromatic N) is 3. The fourth-order valence-corrected chi connectivity index (χ4v) is 3.56. The van der Waals surface area contributed by atoms with E-state index in [0.29, 0.717) is 23.0 Å². The number of ether oxygens (including phenoxy) is 2. The third kappa shape index (κ3) is 3.59. The number of benzene rings is 2. The standard InChI is InChI=1S/C22H22N4O3/c1-14-10-15-6-4-5-7-18(15)26(14)21(27)16-12-23-22(24-13-16)25-17-8-9-19(28-2)20(11-17)29-3/h4-9,11-14H,10H2,1-3H3,(H,23,24,25). The summed E-state index contributed by atoms with van der Waals surface area (Å²) in [5.74, 6) is 1.54. The highest BCUT2D eigenvalue weighted by Crippen LogP contribution is 2.33. The summed E-state index contributed by atoms with van der Waals surface area (Å²) < 4.78 is 10.5. The van der Waals surface area contributed by atoms with E-state index in [4.69, 9.17) is 9.47 Å². The second kappa shape index (κ2) is 7.79. The van der Waals surface area contributed by atoms with Gasteiger partial charge in [-0.1, -0.05) is 18.2 Å². The van der Waals surface area contributed by atoms with Gasteiger partial charge in [-0.25, -0.2) is 9.97 Å². The molecule has 3 aromatic rings. The van der Waals surface area contributed by atoms with E-state index in [1.807, 2.05) is 36.1 Å². The second-order valence-corrected chi connectivity index (χ2v) is 6.85. The van der Waals surface area contributed by atoms with Crippen molar-refractivity contribution in [3.63, 3.8) is 0 Å². The van der Waals surface area contributed by atoms with Crippen molar-refractivity contribution in [2.24, 2.45) is 0 Å². The highest BCUT2D eigenvalue weighted by atomic mass is 16.5. The highest BCUT2D eigenvalue weighted by Gasteiger charge is 2.31. The monoisotopic (exact) mass is 390 g/mol. The molecule has 0 saturated carbocycles. The van der Waals surface area contributed by atoms with Crippen LogP contribution in [0.4, 0.5) is 17.3 Å². The minimum Gasteiger partial charge on any atom is -0.493 e. The highest BCUT2D eigenvalue weighted by molar-refractivity contribution is 6.07. The predicted molar refractivity (Wildman–Crippen MR) is 111 cm³/mol. The molecule has 0 saturated heterocycles.